The normalized spacial score (nSPS) is 13.1. The fraction of sp³-hybridized carbons (Fsp3) is 0.429. The zero-order valence-corrected chi connectivity index (χ0v) is 11.1. The molecule has 2 rings (SSSR count). The fourth-order valence-electron chi connectivity index (χ4n) is 2.21. The maximum Gasteiger partial charge on any atom is 0.253 e. The van der Waals surface area contributed by atoms with Gasteiger partial charge in [-0.3, -0.25) is 9.59 Å². The first-order valence-corrected chi connectivity index (χ1v) is 6.57. The van der Waals surface area contributed by atoms with Gasteiger partial charge in [0.15, 0.2) is 0 Å². The van der Waals surface area contributed by atoms with E-state index in [-0.39, 0.29) is 11.8 Å². The van der Waals surface area contributed by atoms with Gasteiger partial charge in [-0.05, 0) is 24.5 Å². The molecule has 1 heterocycles. The zero-order chi connectivity index (χ0) is 13.7. The van der Waals surface area contributed by atoms with Crippen molar-refractivity contribution in [2.75, 3.05) is 25.0 Å². The summed E-state index contributed by atoms with van der Waals surface area (Å²) < 4.78 is 0. The first kappa shape index (κ1) is 13.4. The van der Waals surface area contributed by atoms with E-state index in [2.05, 4.69) is 22.0 Å². The Balaban J connectivity index is 1.97. The van der Waals surface area contributed by atoms with E-state index in [1.54, 1.807) is 0 Å². The summed E-state index contributed by atoms with van der Waals surface area (Å²) in [5.41, 5.74) is 2.83. The topological polar surface area (TPSA) is 70.2 Å². The second-order valence-corrected chi connectivity index (χ2v) is 4.61. The van der Waals surface area contributed by atoms with E-state index < -0.39 is 0 Å². The predicted octanol–water partition coefficient (Wildman–Crippen LogP) is 0.911. The largest absolute Gasteiger partial charge is 0.384 e. The molecule has 1 aromatic carbocycles. The quantitative estimate of drug-likeness (QED) is 0.706. The average molecular weight is 261 g/mol. The van der Waals surface area contributed by atoms with Crippen molar-refractivity contribution < 1.29 is 9.59 Å². The molecular weight excluding hydrogens is 242 g/mol. The summed E-state index contributed by atoms with van der Waals surface area (Å²) in [5.74, 6) is -0.190. The van der Waals surface area contributed by atoms with Crippen LogP contribution in [0.1, 0.15) is 29.3 Å². The van der Waals surface area contributed by atoms with Crippen molar-refractivity contribution in [3.05, 3.63) is 29.3 Å². The molecule has 19 heavy (non-hydrogen) atoms. The molecule has 1 aliphatic rings. The molecule has 0 radical (unpaired) electrons. The number of anilines is 1. The lowest BCUT2D eigenvalue weighted by atomic mass is 9.99. The highest BCUT2D eigenvalue weighted by Crippen LogP contribution is 2.25. The summed E-state index contributed by atoms with van der Waals surface area (Å²) in [6, 6.07) is 5.79. The van der Waals surface area contributed by atoms with E-state index in [0.29, 0.717) is 18.7 Å². The molecule has 3 N–H and O–H groups in total. The van der Waals surface area contributed by atoms with Crippen molar-refractivity contribution in [1.29, 1.82) is 0 Å². The molecule has 0 spiro atoms. The first-order valence-electron chi connectivity index (χ1n) is 6.57. The van der Waals surface area contributed by atoms with Gasteiger partial charge in [0.2, 0.25) is 5.91 Å². The van der Waals surface area contributed by atoms with Crippen LogP contribution in [0.25, 0.3) is 0 Å². The third kappa shape index (κ3) is 3.47. The second kappa shape index (κ2) is 6.22. The zero-order valence-electron chi connectivity index (χ0n) is 11.1. The number of nitrogens with one attached hydrogen (secondary N) is 3. The first-order chi connectivity index (χ1) is 9.18. The van der Waals surface area contributed by atoms with Gasteiger partial charge in [0.05, 0.1) is 11.3 Å². The van der Waals surface area contributed by atoms with Crippen molar-refractivity contribution in [2.45, 2.75) is 19.8 Å². The molecule has 2 amide bonds. The molecule has 5 nitrogen and oxygen atoms in total. The van der Waals surface area contributed by atoms with Gasteiger partial charge in [-0.2, -0.15) is 0 Å². The van der Waals surface area contributed by atoms with Crippen molar-refractivity contribution >= 4 is 17.5 Å². The lowest BCUT2D eigenvalue weighted by Crippen LogP contribution is -2.34. The average Bonchev–Trinajstić information content (AvgIpc) is 2.42. The van der Waals surface area contributed by atoms with Crippen LogP contribution in [-0.4, -0.2) is 31.4 Å². The van der Waals surface area contributed by atoms with E-state index in [9.17, 15) is 9.59 Å². The number of fused-ring (bicyclic) bond motifs is 1. The van der Waals surface area contributed by atoms with E-state index in [1.807, 2.05) is 12.1 Å². The molecule has 0 saturated heterocycles. The molecular formula is C14H19N3O2. The predicted molar refractivity (Wildman–Crippen MR) is 74.3 cm³/mol. The standard InChI is InChI=1S/C14H19N3O2/c1-10(18)15-8-9-17-14(19)12-6-2-4-11-5-3-7-16-13(11)12/h2,4,6,16H,3,5,7-9H2,1H3,(H,15,18)(H,17,19). The molecule has 0 bridgehead atoms. The van der Waals surface area contributed by atoms with E-state index in [4.69, 9.17) is 0 Å². The van der Waals surface area contributed by atoms with Gasteiger partial charge in [0.1, 0.15) is 0 Å². The SMILES string of the molecule is CC(=O)NCCNC(=O)c1cccc2c1NCCC2. The number of para-hydroxylation sites is 1. The van der Waals surface area contributed by atoms with E-state index >= 15 is 0 Å². The number of rotatable bonds is 4. The third-order valence-corrected chi connectivity index (χ3v) is 3.10. The van der Waals surface area contributed by atoms with Gasteiger partial charge in [-0.1, -0.05) is 12.1 Å². The van der Waals surface area contributed by atoms with Crippen LogP contribution in [0.15, 0.2) is 18.2 Å². The molecule has 0 aromatic heterocycles. The second-order valence-electron chi connectivity index (χ2n) is 4.61. The van der Waals surface area contributed by atoms with Crippen LogP contribution >= 0.6 is 0 Å². The number of benzene rings is 1. The number of carbonyl (C=O) groups excluding carboxylic acids is 2. The van der Waals surface area contributed by atoms with Crippen LogP contribution < -0.4 is 16.0 Å². The van der Waals surface area contributed by atoms with Crippen molar-refractivity contribution in [3.8, 4) is 0 Å². The minimum Gasteiger partial charge on any atom is -0.384 e. The molecule has 0 unspecified atom stereocenters. The lowest BCUT2D eigenvalue weighted by molar-refractivity contribution is -0.118. The summed E-state index contributed by atoms with van der Waals surface area (Å²) >= 11 is 0. The molecule has 1 aromatic rings. The fourth-order valence-corrected chi connectivity index (χ4v) is 2.21. The smallest absolute Gasteiger partial charge is 0.253 e. The highest BCUT2D eigenvalue weighted by atomic mass is 16.2. The highest BCUT2D eigenvalue weighted by Gasteiger charge is 2.16. The van der Waals surface area contributed by atoms with Gasteiger partial charge in [0, 0.05) is 26.6 Å². The Morgan fingerprint density at radius 1 is 1.26 bits per heavy atom. The summed E-state index contributed by atoms with van der Waals surface area (Å²) in [6.07, 6.45) is 2.11. The number of carbonyl (C=O) groups is 2. The summed E-state index contributed by atoms with van der Waals surface area (Å²) in [4.78, 5) is 22.8. The van der Waals surface area contributed by atoms with Crippen molar-refractivity contribution in [3.63, 3.8) is 0 Å². The van der Waals surface area contributed by atoms with Crippen LogP contribution in [0.4, 0.5) is 5.69 Å². The van der Waals surface area contributed by atoms with Crippen molar-refractivity contribution in [1.82, 2.24) is 10.6 Å². The molecule has 0 saturated carbocycles. The molecule has 0 fully saturated rings. The molecule has 0 atom stereocenters. The molecule has 5 heteroatoms. The van der Waals surface area contributed by atoms with E-state index in [1.165, 1.54) is 12.5 Å². The Morgan fingerprint density at radius 3 is 2.84 bits per heavy atom. The van der Waals surface area contributed by atoms with E-state index in [0.717, 1.165) is 25.1 Å². The van der Waals surface area contributed by atoms with Gasteiger partial charge in [-0.15, -0.1) is 0 Å². The maximum atomic E-state index is 12.1. The Labute approximate surface area is 112 Å². The maximum absolute atomic E-state index is 12.1. The van der Waals surface area contributed by atoms with Gasteiger partial charge >= 0.3 is 0 Å². The van der Waals surface area contributed by atoms with Gasteiger partial charge in [-0.25, -0.2) is 0 Å². The Bertz CT molecular complexity index is 486. The lowest BCUT2D eigenvalue weighted by Gasteiger charge is -2.20. The molecule has 1 aliphatic heterocycles. The Kier molecular flexibility index (Phi) is 4.39. The Morgan fingerprint density at radius 2 is 2.05 bits per heavy atom. The number of hydrogen-bond donors (Lipinski definition) is 3. The number of amides is 2. The summed E-state index contributed by atoms with van der Waals surface area (Å²) in [6.45, 7) is 3.24. The minimum atomic E-state index is -0.100. The third-order valence-electron chi connectivity index (χ3n) is 3.10. The Hall–Kier alpha value is -2.04. The number of aryl methyl sites for hydroxylation is 1. The van der Waals surface area contributed by atoms with Crippen LogP contribution in [0, 0.1) is 0 Å². The molecule has 0 aliphatic carbocycles. The number of hydrogen-bond acceptors (Lipinski definition) is 3. The van der Waals surface area contributed by atoms with Crippen LogP contribution in [0.3, 0.4) is 0 Å². The monoisotopic (exact) mass is 261 g/mol. The molecule has 102 valence electrons. The van der Waals surface area contributed by atoms with Gasteiger partial charge in [0.25, 0.3) is 5.91 Å². The summed E-state index contributed by atoms with van der Waals surface area (Å²) in [7, 11) is 0. The van der Waals surface area contributed by atoms with Crippen LogP contribution in [0.2, 0.25) is 0 Å². The summed E-state index contributed by atoms with van der Waals surface area (Å²) in [5, 5.41) is 8.75. The van der Waals surface area contributed by atoms with Crippen LogP contribution in [-0.2, 0) is 11.2 Å². The van der Waals surface area contributed by atoms with Gasteiger partial charge < -0.3 is 16.0 Å². The van der Waals surface area contributed by atoms with Crippen LogP contribution in [0.5, 0.6) is 0 Å². The highest BCUT2D eigenvalue weighted by molar-refractivity contribution is 6.00. The minimum absolute atomic E-state index is 0.0898. The van der Waals surface area contributed by atoms with Crippen molar-refractivity contribution in [2.24, 2.45) is 0 Å².